The zero-order chi connectivity index (χ0) is 22.4. The SMILES string of the molecule is Cc1cc(Nc2nc(N[C@@H]3C[C@H]4CCC[C@@H](C3)N4C(=O)[C@H]3CCCN3)nc3sccc23)n[nH]1. The summed E-state index contributed by atoms with van der Waals surface area (Å²) < 4.78 is 0. The number of carbonyl (C=O) groups excluding carboxylic acids is 1. The van der Waals surface area contributed by atoms with Gasteiger partial charge < -0.3 is 20.9 Å². The summed E-state index contributed by atoms with van der Waals surface area (Å²) in [7, 11) is 0. The quantitative estimate of drug-likeness (QED) is 0.455. The summed E-state index contributed by atoms with van der Waals surface area (Å²) in [6.45, 7) is 2.93. The van der Waals surface area contributed by atoms with Gasteiger partial charge >= 0.3 is 0 Å². The number of thiophene rings is 1. The van der Waals surface area contributed by atoms with Crippen LogP contribution in [0.25, 0.3) is 10.2 Å². The van der Waals surface area contributed by atoms with Crippen LogP contribution in [0.2, 0.25) is 0 Å². The molecule has 6 rings (SSSR count). The van der Waals surface area contributed by atoms with Gasteiger partial charge in [0.05, 0.1) is 11.4 Å². The van der Waals surface area contributed by atoms with Gasteiger partial charge in [-0.3, -0.25) is 9.89 Å². The molecule has 0 aromatic carbocycles. The van der Waals surface area contributed by atoms with Crippen LogP contribution in [0.4, 0.5) is 17.6 Å². The fourth-order valence-electron chi connectivity index (χ4n) is 5.74. The lowest BCUT2D eigenvalue weighted by Crippen LogP contribution is -2.60. The number of aromatic nitrogens is 4. The lowest BCUT2D eigenvalue weighted by atomic mass is 9.81. The second-order valence-corrected chi connectivity index (χ2v) is 10.4. The van der Waals surface area contributed by atoms with E-state index < -0.39 is 0 Å². The molecule has 3 aliphatic heterocycles. The Kier molecular flexibility index (Phi) is 5.41. The van der Waals surface area contributed by atoms with Gasteiger partial charge in [-0.25, -0.2) is 4.98 Å². The summed E-state index contributed by atoms with van der Waals surface area (Å²) in [6, 6.07) is 4.89. The minimum atomic E-state index is 0.0153. The summed E-state index contributed by atoms with van der Waals surface area (Å²) in [5, 5.41) is 20.6. The maximum absolute atomic E-state index is 13.2. The third-order valence-corrected chi connectivity index (χ3v) is 8.00. The molecule has 1 amide bonds. The topological polar surface area (TPSA) is 111 Å². The van der Waals surface area contributed by atoms with E-state index in [0.29, 0.717) is 23.9 Å². The second-order valence-electron chi connectivity index (χ2n) is 9.54. The number of aryl methyl sites for hydroxylation is 1. The van der Waals surface area contributed by atoms with Crippen molar-refractivity contribution >= 4 is 45.0 Å². The van der Waals surface area contributed by atoms with Gasteiger partial charge in [0.15, 0.2) is 5.82 Å². The standard InChI is InChI=1S/C23H30N8OS/c1-13-10-19(30-29-13)26-20-17-7-9-33-21(17)28-23(27-20)25-14-11-15-4-2-5-16(12-14)31(15)22(32)18-6-3-8-24-18/h7,9-10,14-16,18,24H,2-6,8,11-12H2,1H3,(H3,25,26,27,28,29,30)/t14-,15-,16+,18-/m1/s1. The van der Waals surface area contributed by atoms with Crippen LogP contribution in [0.1, 0.15) is 50.6 Å². The summed E-state index contributed by atoms with van der Waals surface area (Å²) in [5.74, 6) is 2.46. The third-order valence-electron chi connectivity index (χ3n) is 7.20. The van der Waals surface area contributed by atoms with Gasteiger partial charge in [-0.05, 0) is 69.9 Å². The first-order valence-corrected chi connectivity index (χ1v) is 12.9. The number of aromatic amines is 1. The first kappa shape index (κ1) is 20.9. The number of carbonyl (C=O) groups is 1. The summed E-state index contributed by atoms with van der Waals surface area (Å²) >= 11 is 1.61. The molecule has 6 heterocycles. The summed E-state index contributed by atoms with van der Waals surface area (Å²) in [4.78, 5) is 26.0. The number of nitrogens with one attached hydrogen (secondary N) is 4. The number of anilines is 3. The average molecular weight is 467 g/mol. The normalized spacial score (nSPS) is 27.1. The number of piperidine rings is 2. The third kappa shape index (κ3) is 4.06. The molecule has 33 heavy (non-hydrogen) atoms. The van der Waals surface area contributed by atoms with Crippen LogP contribution < -0.4 is 16.0 Å². The van der Waals surface area contributed by atoms with Crippen LogP contribution in [0.3, 0.4) is 0 Å². The molecule has 3 fully saturated rings. The first-order chi connectivity index (χ1) is 16.1. The number of hydrogen-bond acceptors (Lipinski definition) is 8. The first-order valence-electron chi connectivity index (χ1n) is 12.0. The molecule has 0 aliphatic carbocycles. The van der Waals surface area contributed by atoms with Crippen molar-refractivity contribution in [2.45, 2.75) is 76.0 Å². The van der Waals surface area contributed by atoms with Gasteiger partial charge in [-0.1, -0.05) is 0 Å². The molecule has 4 atom stereocenters. The molecule has 4 N–H and O–H groups in total. The van der Waals surface area contributed by atoms with E-state index in [1.54, 1.807) is 11.3 Å². The minimum absolute atomic E-state index is 0.0153. The number of fused-ring (bicyclic) bond motifs is 3. The van der Waals surface area contributed by atoms with Gasteiger partial charge in [-0.15, -0.1) is 11.3 Å². The molecule has 2 bridgehead atoms. The van der Waals surface area contributed by atoms with E-state index in [0.717, 1.165) is 72.6 Å². The van der Waals surface area contributed by atoms with Crippen molar-refractivity contribution in [1.29, 1.82) is 0 Å². The van der Waals surface area contributed by atoms with E-state index in [2.05, 4.69) is 31.0 Å². The van der Waals surface area contributed by atoms with Crippen LogP contribution in [-0.4, -0.2) is 61.7 Å². The van der Waals surface area contributed by atoms with Crippen LogP contribution in [-0.2, 0) is 4.79 Å². The van der Waals surface area contributed by atoms with Crippen molar-refractivity contribution in [3.8, 4) is 0 Å². The highest BCUT2D eigenvalue weighted by Crippen LogP contribution is 2.36. The number of rotatable bonds is 5. The van der Waals surface area contributed by atoms with Crippen molar-refractivity contribution in [2.75, 3.05) is 17.2 Å². The fraction of sp³-hybridized carbons (Fsp3) is 0.565. The van der Waals surface area contributed by atoms with Crippen molar-refractivity contribution in [3.05, 3.63) is 23.2 Å². The van der Waals surface area contributed by atoms with Gasteiger partial charge in [0.1, 0.15) is 10.6 Å². The average Bonchev–Trinajstić information content (AvgIpc) is 3.55. The predicted octanol–water partition coefficient (Wildman–Crippen LogP) is 3.54. The molecular formula is C23H30N8OS. The van der Waals surface area contributed by atoms with Crippen molar-refractivity contribution in [2.24, 2.45) is 0 Å². The Bertz CT molecular complexity index is 1140. The number of amides is 1. The van der Waals surface area contributed by atoms with Crippen LogP contribution >= 0.6 is 11.3 Å². The van der Waals surface area contributed by atoms with E-state index in [9.17, 15) is 4.79 Å². The number of hydrogen-bond donors (Lipinski definition) is 4. The highest BCUT2D eigenvalue weighted by Gasteiger charge is 2.43. The van der Waals surface area contributed by atoms with E-state index >= 15 is 0 Å². The highest BCUT2D eigenvalue weighted by molar-refractivity contribution is 7.16. The fourth-order valence-corrected chi connectivity index (χ4v) is 6.50. The predicted molar refractivity (Wildman–Crippen MR) is 130 cm³/mol. The molecular weight excluding hydrogens is 436 g/mol. The Hall–Kier alpha value is -2.72. The maximum atomic E-state index is 13.2. The van der Waals surface area contributed by atoms with Gasteiger partial charge in [0.25, 0.3) is 0 Å². The molecule has 3 aromatic heterocycles. The zero-order valence-corrected chi connectivity index (χ0v) is 19.6. The van der Waals surface area contributed by atoms with Crippen molar-refractivity contribution < 1.29 is 4.79 Å². The van der Waals surface area contributed by atoms with Gasteiger partial charge in [0, 0.05) is 29.9 Å². The Morgan fingerprint density at radius 1 is 1.18 bits per heavy atom. The zero-order valence-electron chi connectivity index (χ0n) is 18.8. The molecule has 174 valence electrons. The molecule has 3 aromatic rings. The molecule has 10 heteroatoms. The summed E-state index contributed by atoms with van der Waals surface area (Å²) in [6.07, 6.45) is 7.34. The van der Waals surface area contributed by atoms with E-state index in [1.165, 1.54) is 6.42 Å². The largest absolute Gasteiger partial charge is 0.351 e. The van der Waals surface area contributed by atoms with E-state index in [1.807, 2.05) is 24.4 Å². The van der Waals surface area contributed by atoms with Crippen LogP contribution in [0, 0.1) is 6.92 Å². The molecule has 0 unspecified atom stereocenters. The summed E-state index contributed by atoms with van der Waals surface area (Å²) in [5.41, 5.74) is 0.993. The van der Waals surface area contributed by atoms with E-state index in [4.69, 9.17) is 9.97 Å². The Labute approximate surface area is 196 Å². The highest BCUT2D eigenvalue weighted by atomic mass is 32.1. The Balaban J connectivity index is 1.21. The minimum Gasteiger partial charge on any atom is -0.351 e. The van der Waals surface area contributed by atoms with Crippen molar-refractivity contribution in [3.63, 3.8) is 0 Å². The Morgan fingerprint density at radius 3 is 2.76 bits per heavy atom. The Morgan fingerprint density at radius 2 is 2.03 bits per heavy atom. The second kappa shape index (κ2) is 8.57. The molecule has 0 spiro atoms. The molecule has 3 aliphatic rings. The van der Waals surface area contributed by atoms with Crippen molar-refractivity contribution in [1.82, 2.24) is 30.4 Å². The van der Waals surface area contributed by atoms with Gasteiger partial charge in [0.2, 0.25) is 11.9 Å². The monoisotopic (exact) mass is 466 g/mol. The smallest absolute Gasteiger partial charge is 0.240 e. The lowest BCUT2D eigenvalue weighted by Gasteiger charge is -2.49. The van der Waals surface area contributed by atoms with Gasteiger partial charge in [-0.2, -0.15) is 10.1 Å². The van der Waals surface area contributed by atoms with Crippen LogP contribution in [0.15, 0.2) is 17.5 Å². The lowest BCUT2D eigenvalue weighted by molar-refractivity contribution is -0.142. The number of H-pyrrole nitrogens is 1. The molecule has 0 radical (unpaired) electrons. The molecule has 9 nitrogen and oxygen atoms in total. The molecule has 3 saturated heterocycles. The maximum Gasteiger partial charge on any atom is 0.240 e. The number of nitrogens with zero attached hydrogens (tertiary/aromatic N) is 4. The van der Waals surface area contributed by atoms with Crippen LogP contribution in [0.5, 0.6) is 0 Å². The van der Waals surface area contributed by atoms with E-state index in [-0.39, 0.29) is 12.1 Å². The molecule has 0 saturated carbocycles.